The van der Waals surface area contributed by atoms with Gasteiger partial charge in [0.05, 0.1) is 6.10 Å². The number of likely N-dealkylation sites (N-methyl/N-ethyl adjacent to an activating group) is 1. The highest BCUT2D eigenvalue weighted by Gasteiger charge is 2.15. The van der Waals surface area contributed by atoms with Gasteiger partial charge in [-0.25, -0.2) is 0 Å². The van der Waals surface area contributed by atoms with Crippen LogP contribution in [-0.2, 0) is 0 Å². The van der Waals surface area contributed by atoms with Gasteiger partial charge in [-0.15, -0.1) is 0 Å². The first-order valence-electron chi connectivity index (χ1n) is 6.38. The molecule has 0 aliphatic carbocycles. The molecule has 0 saturated heterocycles. The topological polar surface area (TPSA) is 26.7 Å². The molecule has 0 amide bonds. The van der Waals surface area contributed by atoms with Crippen LogP contribution in [-0.4, -0.2) is 61.3 Å². The highest BCUT2D eigenvalue weighted by Crippen LogP contribution is 2.06. The van der Waals surface area contributed by atoms with Crippen molar-refractivity contribution in [1.29, 1.82) is 0 Å². The van der Waals surface area contributed by atoms with Crippen molar-refractivity contribution >= 4 is 0 Å². The molecular formula is C13H30N2O. The van der Waals surface area contributed by atoms with Gasteiger partial charge in [-0.3, -0.25) is 4.90 Å². The Balaban J connectivity index is 4.09. The average Bonchev–Trinajstić information content (AvgIpc) is 2.12. The van der Waals surface area contributed by atoms with E-state index in [9.17, 15) is 5.11 Å². The highest BCUT2D eigenvalue weighted by atomic mass is 16.3. The summed E-state index contributed by atoms with van der Waals surface area (Å²) < 4.78 is 0. The SMILES string of the molecule is CC(C)CN(CCN(C)C)CC(O)C(C)C. The molecule has 98 valence electrons. The highest BCUT2D eigenvalue weighted by molar-refractivity contribution is 4.69. The Morgan fingerprint density at radius 3 is 1.88 bits per heavy atom. The Morgan fingerprint density at radius 2 is 1.50 bits per heavy atom. The van der Waals surface area contributed by atoms with E-state index in [4.69, 9.17) is 0 Å². The maximum atomic E-state index is 9.92. The van der Waals surface area contributed by atoms with Gasteiger partial charge in [-0.05, 0) is 25.9 Å². The summed E-state index contributed by atoms with van der Waals surface area (Å²) in [6, 6.07) is 0. The molecule has 0 heterocycles. The first-order chi connectivity index (χ1) is 7.32. The first-order valence-corrected chi connectivity index (χ1v) is 6.38. The number of aliphatic hydroxyl groups excluding tert-OH is 1. The first kappa shape index (κ1) is 15.9. The molecule has 16 heavy (non-hydrogen) atoms. The van der Waals surface area contributed by atoms with E-state index in [-0.39, 0.29) is 6.10 Å². The zero-order valence-electron chi connectivity index (χ0n) is 11.9. The van der Waals surface area contributed by atoms with Gasteiger partial charge >= 0.3 is 0 Å². The van der Waals surface area contributed by atoms with E-state index in [0.29, 0.717) is 11.8 Å². The second-order valence-corrected chi connectivity index (χ2v) is 5.77. The third kappa shape index (κ3) is 8.08. The van der Waals surface area contributed by atoms with E-state index < -0.39 is 0 Å². The molecule has 0 rings (SSSR count). The van der Waals surface area contributed by atoms with E-state index in [1.807, 2.05) is 0 Å². The van der Waals surface area contributed by atoms with Gasteiger partial charge in [-0.1, -0.05) is 27.7 Å². The predicted molar refractivity (Wildman–Crippen MR) is 70.7 cm³/mol. The summed E-state index contributed by atoms with van der Waals surface area (Å²) in [7, 11) is 4.18. The number of hydrogen-bond acceptors (Lipinski definition) is 3. The van der Waals surface area contributed by atoms with E-state index in [2.05, 4.69) is 51.6 Å². The molecule has 3 heteroatoms. The molecule has 3 nitrogen and oxygen atoms in total. The van der Waals surface area contributed by atoms with Gasteiger partial charge in [0.25, 0.3) is 0 Å². The fraction of sp³-hybridized carbons (Fsp3) is 1.00. The molecule has 1 unspecified atom stereocenters. The minimum absolute atomic E-state index is 0.207. The van der Waals surface area contributed by atoms with Crippen molar-refractivity contribution in [2.24, 2.45) is 11.8 Å². The van der Waals surface area contributed by atoms with Crippen LogP contribution in [0.2, 0.25) is 0 Å². The Bertz CT molecular complexity index is 169. The summed E-state index contributed by atoms with van der Waals surface area (Å²) in [5, 5.41) is 9.92. The van der Waals surface area contributed by atoms with Crippen molar-refractivity contribution in [1.82, 2.24) is 9.80 Å². The number of rotatable bonds is 8. The summed E-state index contributed by atoms with van der Waals surface area (Å²) in [5.41, 5.74) is 0. The molecule has 0 fully saturated rings. The van der Waals surface area contributed by atoms with E-state index in [0.717, 1.165) is 26.2 Å². The molecule has 0 aliphatic rings. The number of aliphatic hydroxyl groups is 1. The van der Waals surface area contributed by atoms with E-state index in [1.165, 1.54) is 0 Å². The molecule has 1 atom stereocenters. The molecular weight excluding hydrogens is 200 g/mol. The Kier molecular flexibility index (Phi) is 7.98. The van der Waals surface area contributed by atoms with Crippen LogP contribution in [0.15, 0.2) is 0 Å². The molecule has 0 bridgehead atoms. The summed E-state index contributed by atoms with van der Waals surface area (Å²) in [5.74, 6) is 0.996. The summed E-state index contributed by atoms with van der Waals surface area (Å²) >= 11 is 0. The van der Waals surface area contributed by atoms with Gasteiger partial charge in [0.2, 0.25) is 0 Å². The maximum absolute atomic E-state index is 9.92. The average molecular weight is 230 g/mol. The molecule has 0 radical (unpaired) electrons. The lowest BCUT2D eigenvalue weighted by atomic mass is 10.1. The van der Waals surface area contributed by atoms with Crippen LogP contribution in [0.4, 0.5) is 0 Å². The minimum atomic E-state index is -0.207. The smallest absolute Gasteiger partial charge is 0.0689 e. The lowest BCUT2D eigenvalue weighted by Gasteiger charge is -2.29. The zero-order valence-corrected chi connectivity index (χ0v) is 11.9. The Labute approximate surface area is 101 Å². The molecule has 0 aromatic heterocycles. The van der Waals surface area contributed by atoms with Crippen LogP contribution in [0, 0.1) is 11.8 Å². The molecule has 0 spiro atoms. The van der Waals surface area contributed by atoms with Gasteiger partial charge < -0.3 is 10.0 Å². The van der Waals surface area contributed by atoms with Crippen molar-refractivity contribution in [2.75, 3.05) is 40.3 Å². The van der Waals surface area contributed by atoms with Crippen LogP contribution in [0.1, 0.15) is 27.7 Å². The van der Waals surface area contributed by atoms with E-state index >= 15 is 0 Å². The van der Waals surface area contributed by atoms with Crippen molar-refractivity contribution in [3.63, 3.8) is 0 Å². The van der Waals surface area contributed by atoms with Crippen LogP contribution < -0.4 is 0 Å². The second-order valence-electron chi connectivity index (χ2n) is 5.77. The van der Waals surface area contributed by atoms with Crippen molar-refractivity contribution in [3.8, 4) is 0 Å². The van der Waals surface area contributed by atoms with Crippen LogP contribution in [0.3, 0.4) is 0 Å². The number of nitrogens with zero attached hydrogens (tertiary/aromatic N) is 2. The fourth-order valence-corrected chi connectivity index (χ4v) is 1.59. The lowest BCUT2D eigenvalue weighted by molar-refractivity contribution is 0.0686. The third-order valence-corrected chi connectivity index (χ3v) is 2.70. The zero-order chi connectivity index (χ0) is 12.7. The van der Waals surface area contributed by atoms with Crippen molar-refractivity contribution in [2.45, 2.75) is 33.8 Å². The summed E-state index contributed by atoms with van der Waals surface area (Å²) in [4.78, 5) is 4.56. The summed E-state index contributed by atoms with van der Waals surface area (Å²) in [6.45, 7) is 12.6. The van der Waals surface area contributed by atoms with Crippen LogP contribution in [0.25, 0.3) is 0 Å². The van der Waals surface area contributed by atoms with Gasteiger partial charge in [0.1, 0.15) is 0 Å². The third-order valence-electron chi connectivity index (χ3n) is 2.70. The molecule has 1 N–H and O–H groups in total. The van der Waals surface area contributed by atoms with Gasteiger partial charge in [0, 0.05) is 26.2 Å². The fourth-order valence-electron chi connectivity index (χ4n) is 1.59. The lowest BCUT2D eigenvalue weighted by Crippen LogP contribution is -2.40. The van der Waals surface area contributed by atoms with Crippen molar-refractivity contribution in [3.05, 3.63) is 0 Å². The quantitative estimate of drug-likeness (QED) is 0.685. The van der Waals surface area contributed by atoms with Gasteiger partial charge in [-0.2, -0.15) is 0 Å². The number of hydrogen-bond donors (Lipinski definition) is 1. The van der Waals surface area contributed by atoms with Crippen LogP contribution >= 0.6 is 0 Å². The summed E-state index contributed by atoms with van der Waals surface area (Å²) in [6.07, 6.45) is -0.207. The normalized spacial score (nSPS) is 14.4. The molecule has 0 aliphatic heterocycles. The predicted octanol–water partition coefficient (Wildman–Crippen LogP) is 1.52. The molecule has 0 aromatic carbocycles. The standard InChI is InChI=1S/C13H30N2O/c1-11(2)9-15(8-7-14(5)6)10-13(16)12(3)4/h11-13,16H,7-10H2,1-6H3. The molecule has 0 aromatic rings. The largest absolute Gasteiger partial charge is 0.392 e. The Hall–Kier alpha value is -0.120. The van der Waals surface area contributed by atoms with Crippen LogP contribution in [0.5, 0.6) is 0 Å². The minimum Gasteiger partial charge on any atom is -0.392 e. The monoisotopic (exact) mass is 230 g/mol. The second kappa shape index (κ2) is 8.04. The maximum Gasteiger partial charge on any atom is 0.0689 e. The van der Waals surface area contributed by atoms with Crippen molar-refractivity contribution < 1.29 is 5.11 Å². The molecule has 0 saturated carbocycles. The van der Waals surface area contributed by atoms with E-state index in [1.54, 1.807) is 0 Å². The Morgan fingerprint density at radius 1 is 0.938 bits per heavy atom. The van der Waals surface area contributed by atoms with Gasteiger partial charge in [0.15, 0.2) is 0 Å².